The summed E-state index contributed by atoms with van der Waals surface area (Å²) in [5, 5.41) is 2.65. The molecular formula is C21H21NO4. The van der Waals surface area contributed by atoms with Crippen molar-refractivity contribution in [3.63, 3.8) is 0 Å². The Kier molecular flexibility index (Phi) is 7.75. The maximum atomic E-state index is 11.6. The Hall–Kier alpha value is -3.26. The normalized spacial score (nSPS) is 9.58. The van der Waals surface area contributed by atoms with E-state index in [9.17, 15) is 9.59 Å². The maximum Gasteiger partial charge on any atom is 0.407 e. The third kappa shape index (κ3) is 6.70. The van der Waals surface area contributed by atoms with Gasteiger partial charge in [-0.3, -0.25) is 0 Å². The van der Waals surface area contributed by atoms with Crippen LogP contribution >= 0.6 is 0 Å². The van der Waals surface area contributed by atoms with Crippen molar-refractivity contribution in [3.8, 4) is 11.8 Å². The van der Waals surface area contributed by atoms with Gasteiger partial charge in [0.05, 0.1) is 12.2 Å². The first-order valence-corrected chi connectivity index (χ1v) is 8.39. The molecule has 0 aliphatic rings. The quantitative estimate of drug-likeness (QED) is 0.491. The average Bonchev–Trinajstić information content (AvgIpc) is 2.67. The van der Waals surface area contributed by atoms with Crippen LogP contribution in [0.3, 0.4) is 0 Å². The molecule has 0 aliphatic carbocycles. The van der Waals surface area contributed by atoms with Gasteiger partial charge in [-0.15, -0.1) is 0 Å². The highest BCUT2D eigenvalue weighted by atomic mass is 16.5. The molecule has 0 radical (unpaired) electrons. The Morgan fingerprint density at radius 1 is 1.00 bits per heavy atom. The first kappa shape index (κ1) is 19.1. The van der Waals surface area contributed by atoms with Crippen LogP contribution in [0.5, 0.6) is 0 Å². The number of hydrogen-bond acceptors (Lipinski definition) is 4. The zero-order valence-electron chi connectivity index (χ0n) is 14.7. The number of carbonyl (C=O) groups excluding carboxylic acids is 2. The van der Waals surface area contributed by atoms with Crippen LogP contribution in [0.25, 0.3) is 0 Å². The first-order chi connectivity index (χ1) is 12.7. The van der Waals surface area contributed by atoms with E-state index in [1.165, 1.54) is 0 Å². The number of carbonyl (C=O) groups is 2. The van der Waals surface area contributed by atoms with E-state index in [4.69, 9.17) is 9.47 Å². The second kappa shape index (κ2) is 10.6. The van der Waals surface area contributed by atoms with Crippen LogP contribution in [0.4, 0.5) is 4.79 Å². The Balaban J connectivity index is 1.68. The highest BCUT2D eigenvalue weighted by Gasteiger charge is 2.04. The van der Waals surface area contributed by atoms with Crippen LogP contribution in [0.15, 0.2) is 54.6 Å². The summed E-state index contributed by atoms with van der Waals surface area (Å²) in [5.41, 5.74) is 2.23. The van der Waals surface area contributed by atoms with Gasteiger partial charge in [-0.05, 0) is 36.8 Å². The van der Waals surface area contributed by atoms with E-state index in [2.05, 4.69) is 17.2 Å². The van der Waals surface area contributed by atoms with Gasteiger partial charge in [0, 0.05) is 18.5 Å². The van der Waals surface area contributed by atoms with Crippen molar-refractivity contribution in [2.75, 3.05) is 13.2 Å². The van der Waals surface area contributed by atoms with E-state index in [1.807, 2.05) is 30.3 Å². The molecule has 0 saturated heterocycles. The molecule has 0 saturated carbocycles. The predicted octanol–water partition coefficient (Wildman–Crippen LogP) is 3.53. The molecule has 26 heavy (non-hydrogen) atoms. The molecule has 2 rings (SSSR count). The second-order valence-corrected chi connectivity index (χ2v) is 5.34. The zero-order valence-corrected chi connectivity index (χ0v) is 14.7. The molecular weight excluding hydrogens is 330 g/mol. The fraction of sp³-hybridized carbons (Fsp3) is 0.238. The van der Waals surface area contributed by atoms with E-state index < -0.39 is 6.09 Å². The first-order valence-electron chi connectivity index (χ1n) is 8.39. The standard InChI is InChI=1S/C21H21NO4/c1-2-25-20(23)19-13-11-17(12-14-19)8-6-7-15-22-21(24)26-16-18-9-4-3-5-10-18/h3-5,9-14H,2,7,15-16H2,1H3,(H,22,24). The third-order valence-electron chi connectivity index (χ3n) is 3.36. The third-order valence-corrected chi connectivity index (χ3v) is 3.36. The number of ether oxygens (including phenoxy) is 2. The highest BCUT2D eigenvalue weighted by Crippen LogP contribution is 2.05. The van der Waals surface area contributed by atoms with Gasteiger partial charge in [-0.2, -0.15) is 0 Å². The predicted molar refractivity (Wildman–Crippen MR) is 98.5 cm³/mol. The summed E-state index contributed by atoms with van der Waals surface area (Å²) in [6.45, 7) is 2.76. The van der Waals surface area contributed by atoms with Crippen LogP contribution in [0.1, 0.15) is 34.8 Å². The van der Waals surface area contributed by atoms with Crippen LogP contribution in [0, 0.1) is 11.8 Å². The summed E-state index contributed by atoms with van der Waals surface area (Å²) in [5.74, 6) is 5.61. The van der Waals surface area contributed by atoms with Crippen molar-refractivity contribution < 1.29 is 19.1 Å². The summed E-state index contributed by atoms with van der Waals surface area (Å²) in [4.78, 5) is 23.1. The lowest BCUT2D eigenvalue weighted by molar-refractivity contribution is 0.0526. The molecule has 5 nitrogen and oxygen atoms in total. The smallest absolute Gasteiger partial charge is 0.407 e. The summed E-state index contributed by atoms with van der Waals surface area (Å²) in [6, 6.07) is 16.4. The summed E-state index contributed by atoms with van der Waals surface area (Å²) in [6.07, 6.45) is 0.0366. The molecule has 0 aliphatic heterocycles. The Labute approximate surface area is 153 Å². The molecule has 5 heteroatoms. The van der Waals surface area contributed by atoms with Crippen molar-refractivity contribution in [3.05, 3.63) is 71.3 Å². The minimum atomic E-state index is -0.463. The molecule has 0 spiro atoms. The van der Waals surface area contributed by atoms with Crippen LogP contribution in [-0.4, -0.2) is 25.2 Å². The van der Waals surface area contributed by atoms with Crippen molar-refractivity contribution >= 4 is 12.1 Å². The fourth-order valence-electron chi connectivity index (χ4n) is 2.07. The number of amides is 1. The van der Waals surface area contributed by atoms with Gasteiger partial charge >= 0.3 is 12.1 Å². The Morgan fingerprint density at radius 3 is 2.42 bits per heavy atom. The van der Waals surface area contributed by atoms with Gasteiger partial charge in [0.25, 0.3) is 0 Å². The molecule has 0 bridgehead atoms. The molecule has 134 valence electrons. The van der Waals surface area contributed by atoms with E-state index in [1.54, 1.807) is 31.2 Å². The Morgan fingerprint density at radius 2 is 1.73 bits per heavy atom. The van der Waals surface area contributed by atoms with Crippen LogP contribution in [-0.2, 0) is 16.1 Å². The second-order valence-electron chi connectivity index (χ2n) is 5.34. The maximum absolute atomic E-state index is 11.6. The number of alkyl carbamates (subject to hydrolysis) is 1. The van der Waals surface area contributed by atoms with Gasteiger partial charge in [0.15, 0.2) is 0 Å². The van der Waals surface area contributed by atoms with Crippen LogP contribution in [0.2, 0.25) is 0 Å². The lowest BCUT2D eigenvalue weighted by atomic mass is 10.1. The van der Waals surface area contributed by atoms with Gasteiger partial charge in [0.2, 0.25) is 0 Å². The number of rotatable bonds is 6. The minimum absolute atomic E-state index is 0.241. The monoisotopic (exact) mass is 351 g/mol. The SMILES string of the molecule is CCOC(=O)c1ccc(C#CCCNC(=O)OCc2ccccc2)cc1. The lowest BCUT2D eigenvalue weighted by Crippen LogP contribution is -2.24. The molecule has 2 aromatic rings. The lowest BCUT2D eigenvalue weighted by Gasteiger charge is -2.05. The number of esters is 1. The van der Waals surface area contributed by atoms with Crippen molar-refractivity contribution in [2.45, 2.75) is 20.0 Å². The van der Waals surface area contributed by atoms with Gasteiger partial charge in [-0.25, -0.2) is 9.59 Å². The molecule has 1 N–H and O–H groups in total. The average molecular weight is 351 g/mol. The summed E-state index contributed by atoms with van der Waals surface area (Å²) in [7, 11) is 0. The van der Waals surface area contributed by atoms with Crippen molar-refractivity contribution in [2.24, 2.45) is 0 Å². The van der Waals surface area contributed by atoms with Crippen molar-refractivity contribution in [1.82, 2.24) is 5.32 Å². The topological polar surface area (TPSA) is 64.6 Å². The molecule has 0 heterocycles. The number of benzene rings is 2. The number of nitrogens with one attached hydrogen (secondary N) is 1. The number of hydrogen-bond donors (Lipinski definition) is 1. The summed E-state index contributed by atoms with van der Waals surface area (Å²) < 4.78 is 10.0. The zero-order chi connectivity index (χ0) is 18.6. The van der Waals surface area contributed by atoms with Gasteiger partial charge in [0.1, 0.15) is 6.61 Å². The molecule has 0 fully saturated rings. The van der Waals surface area contributed by atoms with E-state index in [0.29, 0.717) is 25.1 Å². The summed E-state index contributed by atoms with van der Waals surface area (Å²) >= 11 is 0. The van der Waals surface area contributed by atoms with Crippen molar-refractivity contribution in [1.29, 1.82) is 0 Å². The minimum Gasteiger partial charge on any atom is -0.462 e. The van der Waals surface area contributed by atoms with E-state index in [0.717, 1.165) is 11.1 Å². The van der Waals surface area contributed by atoms with Gasteiger partial charge in [-0.1, -0.05) is 42.2 Å². The molecule has 2 aromatic carbocycles. The van der Waals surface area contributed by atoms with E-state index in [-0.39, 0.29) is 12.6 Å². The van der Waals surface area contributed by atoms with Gasteiger partial charge < -0.3 is 14.8 Å². The highest BCUT2D eigenvalue weighted by molar-refractivity contribution is 5.89. The van der Waals surface area contributed by atoms with Crippen LogP contribution < -0.4 is 5.32 Å². The largest absolute Gasteiger partial charge is 0.462 e. The molecule has 0 unspecified atom stereocenters. The molecule has 1 amide bonds. The molecule has 0 atom stereocenters. The Bertz CT molecular complexity index is 773. The van der Waals surface area contributed by atoms with E-state index >= 15 is 0 Å². The molecule has 0 aromatic heterocycles. The fourth-order valence-corrected chi connectivity index (χ4v) is 2.07.